The second-order valence-electron chi connectivity index (χ2n) is 5.64. The fraction of sp³-hybridized carbons (Fsp3) is 0.263. The van der Waals surface area contributed by atoms with E-state index >= 15 is 0 Å². The van der Waals surface area contributed by atoms with Gasteiger partial charge in [0, 0.05) is 6.07 Å². The molecule has 2 N–H and O–H groups in total. The van der Waals surface area contributed by atoms with E-state index in [-0.39, 0.29) is 50.8 Å². The molecule has 0 aliphatic carbocycles. The highest BCUT2D eigenvalue weighted by Crippen LogP contribution is 2.48. The summed E-state index contributed by atoms with van der Waals surface area (Å²) in [5, 5.41) is 20.0. The molecule has 0 aromatic heterocycles. The molecule has 156 valence electrons. The lowest BCUT2D eigenvalue weighted by molar-refractivity contribution is 0.0519. The van der Waals surface area contributed by atoms with Crippen molar-refractivity contribution in [3.8, 4) is 28.7 Å². The van der Waals surface area contributed by atoms with E-state index in [1.165, 1.54) is 20.1 Å². The number of carbonyl (C=O) groups is 2. The van der Waals surface area contributed by atoms with Crippen LogP contribution in [0.1, 0.15) is 33.2 Å². The van der Waals surface area contributed by atoms with Crippen molar-refractivity contribution in [3.63, 3.8) is 0 Å². The largest absolute Gasteiger partial charge is 0.508 e. The molecule has 10 heteroatoms. The summed E-state index contributed by atoms with van der Waals surface area (Å²) >= 11 is 12.4. The molecule has 2 rings (SSSR count). The van der Waals surface area contributed by atoms with Crippen LogP contribution < -0.4 is 9.47 Å². The molecule has 0 radical (unpaired) electrons. The third kappa shape index (κ3) is 4.28. The van der Waals surface area contributed by atoms with Crippen molar-refractivity contribution in [2.75, 3.05) is 20.8 Å². The van der Waals surface area contributed by atoms with Crippen molar-refractivity contribution in [2.45, 2.75) is 13.8 Å². The monoisotopic (exact) mass is 444 g/mol. The van der Waals surface area contributed by atoms with Crippen LogP contribution in [-0.2, 0) is 9.47 Å². The van der Waals surface area contributed by atoms with Crippen LogP contribution in [0.25, 0.3) is 0 Å². The van der Waals surface area contributed by atoms with Crippen LogP contribution in [0, 0.1) is 6.92 Å². The Bertz CT molecular complexity index is 972. The van der Waals surface area contributed by atoms with Gasteiger partial charge in [0.25, 0.3) is 0 Å². The summed E-state index contributed by atoms with van der Waals surface area (Å²) in [6.45, 7) is 3.09. The molecule has 0 bridgehead atoms. The van der Waals surface area contributed by atoms with E-state index in [1.807, 2.05) is 0 Å². The number of benzene rings is 2. The average molecular weight is 445 g/mol. The van der Waals surface area contributed by atoms with Gasteiger partial charge in [0.2, 0.25) is 0 Å². The van der Waals surface area contributed by atoms with Gasteiger partial charge in [-0.1, -0.05) is 23.2 Å². The Balaban J connectivity index is 2.81. The van der Waals surface area contributed by atoms with Crippen LogP contribution in [0.4, 0.5) is 0 Å². The number of phenolic OH excluding ortho intramolecular Hbond substituents is 2. The van der Waals surface area contributed by atoms with Gasteiger partial charge in [0.1, 0.15) is 16.9 Å². The molecular formula is C19H18Cl2O8. The molecule has 0 saturated carbocycles. The lowest BCUT2D eigenvalue weighted by atomic mass is 10.1. The first kappa shape index (κ1) is 22.4. The Hall–Kier alpha value is -2.84. The SMILES string of the molecule is CCOC(=O)c1c(O)c(Cl)c(C)c(Cl)c1Oc1c(OC)cc(O)cc1C(=O)OC. The Morgan fingerprint density at radius 1 is 1.03 bits per heavy atom. The molecule has 0 amide bonds. The van der Waals surface area contributed by atoms with Gasteiger partial charge in [-0.3, -0.25) is 0 Å². The summed E-state index contributed by atoms with van der Waals surface area (Å²) in [7, 11) is 2.42. The van der Waals surface area contributed by atoms with E-state index in [2.05, 4.69) is 0 Å². The Morgan fingerprint density at radius 3 is 2.24 bits per heavy atom. The van der Waals surface area contributed by atoms with Crippen LogP contribution in [-0.4, -0.2) is 43.0 Å². The molecule has 0 unspecified atom stereocenters. The number of methoxy groups -OCH3 is 2. The average Bonchev–Trinajstić information content (AvgIpc) is 2.70. The molecule has 0 aliphatic heterocycles. The number of ether oxygens (including phenoxy) is 4. The zero-order valence-electron chi connectivity index (χ0n) is 16.0. The van der Waals surface area contributed by atoms with E-state index in [9.17, 15) is 19.8 Å². The van der Waals surface area contributed by atoms with Crippen molar-refractivity contribution < 1.29 is 38.7 Å². The first-order chi connectivity index (χ1) is 13.7. The predicted octanol–water partition coefficient (Wildman–Crippen LogP) is 4.48. The van der Waals surface area contributed by atoms with Gasteiger partial charge >= 0.3 is 11.9 Å². The first-order valence-electron chi connectivity index (χ1n) is 8.22. The minimum atomic E-state index is -0.943. The Morgan fingerprint density at radius 2 is 1.69 bits per heavy atom. The fourth-order valence-electron chi connectivity index (χ4n) is 2.47. The molecule has 0 aliphatic rings. The molecule has 2 aromatic rings. The van der Waals surface area contributed by atoms with Gasteiger partial charge in [0.05, 0.1) is 30.9 Å². The Kier molecular flexibility index (Phi) is 7.05. The molecular weight excluding hydrogens is 427 g/mol. The second kappa shape index (κ2) is 9.11. The molecule has 0 saturated heterocycles. The zero-order valence-corrected chi connectivity index (χ0v) is 17.5. The van der Waals surface area contributed by atoms with Crippen LogP contribution in [0.2, 0.25) is 10.0 Å². The summed E-state index contributed by atoms with van der Waals surface area (Å²) in [6, 6.07) is 2.27. The van der Waals surface area contributed by atoms with Crippen LogP contribution >= 0.6 is 23.2 Å². The van der Waals surface area contributed by atoms with Crippen LogP contribution in [0.15, 0.2) is 12.1 Å². The van der Waals surface area contributed by atoms with Gasteiger partial charge in [-0.2, -0.15) is 0 Å². The van der Waals surface area contributed by atoms with E-state index in [4.69, 9.17) is 42.1 Å². The maximum atomic E-state index is 12.4. The third-order valence-corrected chi connectivity index (χ3v) is 4.80. The van der Waals surface area contributed by atoms with E-state index in [0.29, 0.717) is 0 Å². The smallest absolute Gasteiger partial charge is 0.345 e. The number of hydrogen-bond donors (Lipinski definition) is 2. The van der Waals surface area contributed by atoms with E-state index < -0.39 is 23.3 Å². The number of phenols is 2. The number of carbonyl (C=O) groups excluding carboxylic acids is 2. The van der Waals surface area contributed by atoms with Crippen LogP contribution in [0.3, 0.4) is 0 Å². The molecule has 2 aromatic carbocycles. The standard InChI is InChI=1S/C19H18Cl2O8/c1-5-28-19(25)12-15(23)13(20)8(2)14(21)17(12)29-16-10(18(24)27-4)6-9(22)7-11(16)26-3/h6-7,22-23H,5H2,1-4H3. The highest BCUT2D eigenvalue weighted by Gasteiger charge is 2.30. The third-order valence-electron chi connectivity index (χ3n) is 3.88. The van der Waals surface area contributed by atoms with Crippen LogP contribution in [0.5, 0.6) is 28.7 Å². The molecule has 0 fully saturated rings. The second-order valence-corrected chi connectivity index (χ2v) is 6.40. The highest BCUT2D eigenvalue weighted by atomic mass is 35.5. The van der Waals surface area contributed by atoms with Gasteiger partial charge < -0.3 is 29.2 Å². The molecule has 0 heterocycles. The van der Waals surface area contributed by atoms with E-state index in [0.717, 1.165) is 13.2 Å². The predicted molar refractivity (Wildman–Crippen MR) is 105 cm³/mol. The number of rotatable bonds is 6. The summed E-state index contributed by atoms with van der Waals surface area (Å²) < 4.78 is 20.6. The minimum Gasteiger partial charge on any atom is -0.508 e. The van der Waals surface area contributed by atoms with E-state index in [1.54, 1.807) is 6.92 Å². The summed E-state index contributed by atoms with van der Waals surface area (Å²) in [5.74, 6) is -3.24. The first-order valence-corrected chi connectivity index (χ1v) is 8.98. The lowest BCUT2D eigenvalue weighted by Gasteiger charge is -2.19. The van der Waals surface area contributed by atoms with Gasteiger partial charge in [-0.25, -0.2) is 9.59 Å². The quantitative estimate of drug-likeness (QED) is 0.627. The van der Waals surface area contributed by atoms with Crippen molar-refractivity contribution in [1.29, 1.82) is 0 Å². The summed E-state index contributed by atoms with van der Waals surface area (Å²) in [5.41, 5.74) is -0.410. The zero-order chi connectivity index (χ0) is 21.9. The topological polar surface area (TPSA) is 112 Å². The maximum Gasteiger partial charge on any atom is 0.345 e. The number of esters is 2. The van der Waals surface area contributed by atoms with Crippen molar-refractivity contribution in [3.05, 3.63) is 38.9 Å². The molecule has 0 spiro atoms. The van der Waals surface area contributed by atoms with Crippen molar-refractivity contribution in [2.24, 2.45) is 0 Å². The number of hydrogen-bond acceptors (Lipinski definition) is 8. The molecule has 29 heavy (non-hydrogen) atoms. The van der Waals surface area contributed by atoms with Gasteiger partial charge in [-0.05, 0) is 25.5 Å². The summed E-state index contributed by atoms with van der Waals surface area (Å²) in [4.78, 5) is 24.6. The molecule has 0 atom stereocenters. The molecule has 8 nitrogen and oxygen atoms in total. The van der Waals surface area contributed by atoms with Crippen molar-refractivity contribution in [1.82, 2.24) is 0 Å². The number of aromatic hydroxyl groups is 2. The maximum absolute atomic E-state index is 12.4. The summed E-state index contributed by atoms with van der Waals surface area (Å²) in [6.07, 6.45) is 0. The van der Waals surface area contributed by atoms with Gasteiger partial charge in [0.15, 0.2) is 23.0 Å². The van der Waals surface area contributed by atoms with Gasteiger partial charge in [-0.15, -0.1) is 0 Å². The minimum absolute atomic E-state index is 0.0107. The lowest BCUT2D eigenvalue weighted by Crippen LogP contribution is -2.10. The Labute approximate surface area is 176 Å². The number of halogens is 2. The highest BCUT2D eigenvalue weighted by molar-refractivity contribution is 6.38. The fourth-order valence-corrected chi connectivity index (χ4v) is 2.93. The van der Waals surface area contributed by atoms with Crippen molar-refractivity contribution >= 4 is 35.1 Å². The normalized spacial score (nSPS) is 10.4.